The highest BCUT2D eigenvalue weighted by molar-refractivity contribution is 7.89. The fourth-order valence-corrected chi connectivity index (χ4v) is 3.93. The van der Waals surface area contributed by atoms with Gasteiger partial charge < -0.3 is 9.64 Å². The highest BCUT2D eigenvalue weighted by Crippen LogP contribution is 2.24. The SMILES string of the molecule is COc1cccc(C(CNS(=O)(=O)c2ccccc2Cl)N(C)C)c1. The molecule has 0 fully saturated rings. The van der Waals surface area contributed by atoms with Crippen molar-refractivity contribution in [2.45, 2.75) is 10.9 Å². The Morgan fingerprint density at radius 2 is 1.88 bits per heavy atom. The fourth-order valence-electron chi connectivity index (χ4n) is 2.38. The van der Waals surface area contributed by atoms with Crippen molar-refractivity contribution in [2.75, 3.05) is 27.7 Å². The molecule has 2 aromatic rings. The Morgan fingerprint density at radius 1 is 1.17 bits per heavy atom. The first kappa shape index (κ1) is 18.7. The van der Waals surface area contributed by atoms with E-state index in [4.69, 9.17) is 16.3 Å². The zero-order valence-electron chi connectivity index (χ0n) is 13.9. The van der Waals surface area contributed by atoms with E-state index in [1.54, 1.807) is 25.3 Å². The van der Waals surface area contributed by atoms with Crippen molar-refractivity contribution in [1.29, 1.82) is 0 Å². The minimum atomic E-state index is -3.68. The lowest BCUT2D eigenvalue weighted by Crippen LogP contribution is -2.34. The average Bonchev–Trinajstić information content (AvgIpc) is 2.55. The van der Waals surface area contributed by atoms with Crippen LogP contribution in [0, 0.1) is 0 Å². The van der Waals surface area contributed by atoms with Gasteiger partial charge in [0.15, 0.2) is 0 Å². The quantitative estimate of drug-likeness (QED) is 0.816. The summed E-state index contributed by atoms with van der Waals surface area (Å²) in [7, 11) is 1.71. The summed E-state index contributed by atoms with van der Waals surface area (Å²) in [6.07, 6.45) is 0. The molecule has 1 unspecified atom stereocenters. The third-order valence-corrected chi connectivity index (χ3v) is 5.62. The Balaban J connectivity index is 2.21. The van der Waals surface area contributed by atoms with Crippen molar-refractivity contribution >= 4 is 21.6 Å². The number of nitrogens with one attached hydrogen (secondary N) is 1. The molecule has 130 valence electrons. The number of likely N-dealkylation sites (N-methyl/N-ethyl adjacent to an activating group) is 1. The predicted octanol–water partition coefficient (Wildman–Crippen LogP) is 2.93. The molecule has 1 N–H and O–H groups in total. The molecular formula is C17H21ClN2O3S. The second-order valence-corrected chi connectivity index (χ2v) is 7.68. The minimum Gasteiger partial charge on any atom is -0.497 e. The summed E-state index contributed by atoms with van der Waals surface area (Å²) in [5.74, 6) is 0.730. The van der Waals surface area contributed by atoms with E-state index in [0.717, 1.165) is 11.3 Å². The Kier molecular flexibility index (Phi) is 6.23. The number of methoxy groups -OCH3 is 1. The molecule has 0 bridgehead atoms. The van der Waals surface area contributed by atoms with Crippen LogP contribution in [-0.2, 0) is 10.0 Å². The number of ether oxygens (including phenoxy) is 1. The van der Waals surface area contributed by atoms with Crippen LogP contribution in [0.15, 0.2) is 53.4 Å². The monoisotopic (exact) mass is 368 g/mol. The molecule has 2 rings (SSSR count). The maximum atomic E-state index is 12.5. The number of sulfonamides is 1. The molecule has 0 heterocycles. The van der Waals surface area contributed by atoms with Crippen molar-refractivity contribution in [3.8, 4) is 5.75 Å². The van der Waals surface area contributed by atoms with Gasteiger partial charge in [-0.25, -0.2) is 13.1 Å². The van der Waals surface area contributed by atoms with E-state index in [0.29, 0.717) is 0 Å². The van der Waals surface area contributed by atoms with Crippen LogP contribution >= 0.6 is 11.6 Å². The summed E-state index contributed by atoms with van der Waals surface area (Å²) in [6.45, 7) is 0.216. The van der Waals surface area contributed by atoms with Gasteiger partial charge >= 0.3 is 0 Å². The molecule has 1 atom stereocenters. The average molecular weight is 369 g/mol. The lowest BCUT2D eigenvalue weighted by Gasteiger charge is -2.25. The maximum absolute atomic E-state index is 12.5. The van der Waals surface area contributed by atoms with Gasteiger partial charge in [-0.3, -0.25) is 0 Å². The van der Waals surface area contributed by atoms with Crippen LogP contribution in [0.5, 0.6) is 5.75 Å². The zero-order chi connectivity index (χ0) is 17.7. The summed E-state index contributed by atoms with van der Waals surface area (Å²) in [5, 5.41) is 0.202. The molecular weight excluding hydrogens is 348 g/mol. The van der Waals surface area contributed by atoms with Crippen molar-refractivity contribution in [3.63, 3.8) is 0 Å². The molecule has 0 spiro atoms. The summed E-state index contributed by atoms with van der Waals surface area (Å²) in [5.41, 5.74) is 0.959. The van der Waals surface area contributed by atoms with Gasteiger partial charge in [-0.2, -0.15) is 0 Å². The summed E-state index contributed by atoms with van der Waals surface area (Å²) in [4.78, 5) is 2.03. The second kappa shape index (κ2) is 7.98. The van der Waals surface area contributed by atoms with Gasteiger partial charge in [-0.15, -0.1) is 0 Å². The Bertz CT molecular complexity index is 794. The fraction of sp³-hybridized carbons (Fsp3) is 0.294. The lowest BCUT2D eigenvalue weighted by molar-refractivity contribution is 0.298. The molecule has 2 aromatic carbocycles. The van der Waals surface area contributed by atoms with Crippen LogP contribution in [0.3, 0.4) is 0 Å². The van der Waals surface area contributed by atoms with Gasteiger partial charge in [-0.1, -0.05) is 35.9 Å². The van der Waals surface area contributed by atoms with E-state index in [1.807, 2.05) is 43.3 Å². The van der Waals surface area contributed by atoms with Crippen molar-refractivity contribution in [1.82, 2.24) is 9.62 Å². The molecule has 0 aliphatic carbocycles. The molecule has 5 nitrogen and oxygen atoms in total. The number of benzene rings is 2. The number of hydrogen-bond donors (Lipinski definition) is 1. The molecule has 0 amide bonds. The van der Waals surface area contributed by atoms with Gasteiger partial charge in [0.05, 0.1) is 12.1 Å². The number of nitrogens with zero attached hydrogens (tertiary/aromatic N) is 1. The van der Waals surface area contributed by atoms with Crippen molar-refractivity contribution < 1.29 is 13.2 Å². The van der Waals surface area contributed by atoms with E-state index in [1.165, 1.54) is 6.07 Å². The van der Waals surface area contributed by atoms with Crippen LogP contribution < -0.4 is 9.46 Å². The second-order valence-electron chi connectivity index (χ2n) is 5.54. The van der Waals surface area contributed by atoms with Crippen LogP contribution in [-0.4, -0.2) is 41.1 Å². The molecule has 24 heavy (non-hydrogen) atoms. The van der Waals surface area contributed by atoms with Crippen molar-refractivity contribution in [3.05, 3.63) is 59.1 Å². The largest absolute Gasteiger partial charge is 0.497 e. The number of rotatable bonds is 7. The minimum absolute atomic E-state index is 0.0785. The van der Waals surface area contributed by atoms with Gasteiger partial charge in [0.25, 0.3) is 0 Å². The lowest BCUT2D eigenvalue weighted by atomic mass is 10.1. The normalized spacial score (nSPS) is 13.0. The van der Waals surface area contributed by atoms with Crippen LogP contribution in [0.4, 0.5) is 0 Å². The molecule has 0 saturated carbocycles. The van der Waals surface area contributed by atoms with Crippen molar-refractivity contribution in [2.24, 2.45) is 0 Å². The first-order valence-corrected chi connectivity index (χ1v) is 9.26. The molecule has 0 radical (unpaired) electrons. The Morgan fingerprint density at radius 3 is 2.50 bits per heavy atom. The van der Waals surface area contributed by atoms with E-state index >= 15 is 0 Å². The highest BCUT2D eigenvalue weighted by Gasteiger charge is 2.21. The van der Waals surface area contributed by atoms with Gasteiger partial charge in [0.1, 0.15) is 10.6 Å². The molecule has 0 saturated heterocycles. The number of hydrogen-bond acceptors (Lipinski definition) is 4. The van der Waals surface area contributed by atoms with E-state index < -0.39 is 10.0 Å². The topological polar surface area (TPSA) is 58.6 Å². The van der Waals surface area contributed by atoms with Gasteiger partial charge in [0.2, 0.25) is 10.0 Å². The van der Waals surface area contributed by atoms with Crippen LogP contribution in [0.2, 0.25) is 5.02 Å². The van der Waals surface area contributed by atoms with Gasteiger partial charge in [-0.05, 0) is 43.9 Å². The molecule has 0 aromatic heterocycles. The van der Waals surface area contributed by atoms with Gasteiger partial charge in [0, 0.05) is 12.6 Å². The van der Waals surface area contributed by atoms with Crippen LogP contribution in [0.25, 0.3) is 0 Å². The standard InChI is InChI=1S/C17H21ClN2O3S/c1-20(2)16(13-7-6-8-14(11-13)23-3)12-19-24(21,22)17-10-5-4-9-15(17)18/h4-11,16,19H,12H2,1-3H3. The third kappa shape index (κ3) is 4.48. The highest BCUT2D eigenvalue weighted by atomic mass is 35.5. The van der Waals surface area contributed by atoms with E-state index in [9.17, 15) is 8.42 Å². The smallest absolute Gasteiger partial charge is 0.242 e. The zero-order valence-corrected chi connectivity index (χ0v) is 15.4. The third-order valence-electron chi connectivity index (χ3n) is 3.69. The first-order chi connectivity index (χ1) is 11.3. The van der Waals surface area contributed by atoms with E-state index in [-0.39, 0.29) is 22.5 Å². The predicted molar refractivity (Wildman–Crippen MR) is 96.1 cm³/mol. The molecule has 7 heteroatoms. The number of halogens is 1. The summed E-state index contributed by atoms with van der Waals surface area (Å²) in [6, 6.07) is 13.8. The molecule has 0 aliphatic heterocycles. The summed E-state index contributed by atoms with van der Waals surface area (Å²) < 4.78 is 32.9. The summed E-state index contributed by atoms with van der Waals surface area (Å²) >= 11 is 6.00. The Hall–Kier alpha value is -1.60. The maximum Gasteiger partial charge on any atom is 0.242 e. The van der Waals surface area contributed by atoms with Crippen LogP contribution in [0.1, 0.15) is 11.6 Å². The first-order valence-electron chi connectivity index (χ1n) is 7.39. The molecule has 0 aliphatic rings. The van der Waals surface area contributed by atoms with E-state index in [2.05, 4.69) is 4.72 Å². The Labute approximate surface area is 148 Å².